The van der Waals surface area contributed by atoms with Gasteiger partial charge in [0.15, 0.2) is 17.1 Å². The summed E-state index contributed by atoms with van der Waals surface area (Å²) in [5.74, 6) is 1.57. The van der Waals surface area contributed by atoms with E-state index in [4.69, 9.17) is 4.42 Å². The molecule has 3 aromatic rings. The van der Waals surface area contributed by atoms with Gasteiger partial charge in [-0.3, -0.25) is 9.89 Å². The van der Waals surface area contributed by atoms with Crippen LogP contribution in [0.1, 0.15) is 35.6 Å². The van der Waals surface area contributed by atoms with Crippen molar-refractivity contribution in [1.29, 1.82) is 0 Å². The number of amides is 1. The molecule has 3 heterocycles. The van der Waals surface area contributed by atoms with Crippen LogP contribution in [0.25, 0.3) is 11.1 Å². The summed E-state index contributed by atoms with van der Waals surface area (Å²) < 4.78 is 5.40. The number of aryl methyl sites for hydroxylation is 1. The molecule has 1 aliphatic carbocycles. The zero-order chi connectivity index (χ0) is 15.8. The Kier molecular flexibility index (Phi) is 3.22. The van der Waals surface area contributed by atoms with Crippen LogP contribution in [0.3, 0.4) is 0 Å². The van der Waals surface area contributed by atoms with E-state index < -0.39 is 0 Å². The molecule has 0 aromatic carbocycles. The molecular weight excluding hydrogens is 296 g/mol. The van der Waals surface area contributed by atoms with Crippen molar-refractivity contribution in [2.24, 2.45) is 0 Å². The fourth-order valence-corrected chi connectivity index (χ4v) is 2.51. The second-order valence-electron chi connectivity index (χ2n) is 5.65. The lowest BCUT2D eigenvalue weighted by molar-refractivity contribution is 0.0912. The van der Waals surface area contributed by atoms with Crippen LogP contribution in [0.15, 0.2) is 22.8 Å². The summed E-state index contributed by atoms with van der Waals surface area (Å²) in [6, 6.07) is 3.71. The lowest BCUT2D eigenvalue weighted by Crippen LogP contribution is -2.39. The molecule has 4 rings (SSSR count). The van der Waals surface area contributed by atoms with E-state index in [2.05, 4.69) is 30.8 Å². The van der Waals surface area contributed by atoms with Gasteiger partial charge in [-0.25, -0.2) is 9.97 Å². The molecule has 1 aliphatic rings. The van der Waals surface area contributed by atoms with Crippen molar-refractivity contribution in [3.05, 3.63) is 29.9 Å². The summed E-state index contributed by atoms with van der Waals surface area (Å²) in [5, 5.41) is 12.9. The summed E-state index contributed by atoms with van der Waals surface area (Å²) >= 11 is 0. The van der Waals surface area contributed by atoms with Crippen molar-refractivity contribution in [1.82, 2.24) is 25.5 Å². The standard InChI is InChI=1S/C15H16N6O2/c1-8-16-10-5-6-23-13(10)14(17-8)19-12-7-11(20-21-12)15(22)18-9-3-2-4-9/h5-7,9H,2-4H2,1H3,(H,18,22)(H2,16,17,19,20,21). The zero-order valence-electron chi connectivity index (χ0n) is 12.6. The first-order valence-corrected chi connectivity index (χ1v) is 7.54. The Morgan fingerprint density at radius 3 is 3.04 bits per heavy atom. The van der Waals surface area contributed by atoms with Crippen molar-refractivity contribution in [3.63, 3.8) is 0 Å². The Morgan fingerprint density at radius 1 is 1.39 bits per heavy atom. The molecule has 1 amide bonds. The molecular formula is C15H16N6O2. The molecule has 0 saturated heterocycles. The topological polar surface area (TPSA) is 109 Å². The molecule has 23 heavy (non-hydrogen) atoms. The number of fused-ring (bicyclic) bond motifs is 1. The molecule has 0 atom stereocenters. The van der Waals surface area contributed by atoms with Crippen molar-refractivity contribution >= 4 is 28.6 Å². The zero-order valence-corrected chi connectivity index (χ0v) is 12.6. The second kappa shape index (κ2) is 5.38. The molecule has 0 bridgehead atoms. The van der Waals surface area contributed by atoms with Gasteiger partial charge in [0.25, 0.3) is 5.91 Å². The normalized spacial score (nSPS) is 14.7. The van der Waals surface area contributed by atoms with E-state index in [0.717, 1.165) is 18.4 Å². The minimum Gasteiger partial charge on any atom is -0.459 e. The average molecular weight is 312 g/mol. The number of carbonyl (C=O) groups excluding carboxylic acids is 1. The average Bonchev–Trinajstić information content (AvgIpc) is 3.11. The molecule has 0 radical (unpaired) electrons. The maximum Gasteiger partial charge on any atom is 0.272 e. The van der Waals surface area contributed by atoms with Crippen LogP contribution >= 0.6 is 0 Å². The highest BCUT2D eigenvalue weighted by atomic mass is 16.3. The van der Waals surface area contributed by atoms with Gasteiger partial charge in [-0.05, 0) is 26.2 Å². The van der Waals surface area contributed by atoms with Crippen LogP contribution < -0.4 is 10.6 Å². The van der Waals surface area contributed by atoms with E-state index >= 15 is 0 Å². The number of carbonyl (C=O) groups is 1. The van der Waals surface area contributed by atoms with Gasteiger partial charge in [0, 0.05) is 18.2 Å². The Bertz CT molecular complexity index is 864. The Labute approximate surface area is 131 Å². The molecule has 118 valence electrons. The first-order chi connectivity index (χ1) is 11.2. The lowest BCUT2D eigenvalue weighted by atomic mass is 9.93. The van der Waals surface area contributed by atoms with Gasteiger partial charge in [0.2, 0.25) is 0 Å². The summed E-state index contributed by atoms with van der Waals surface area (Å²) in [7, 11) is 0. The molecule has 3 N–H and O–H groups in total. The van der Waals surface area contributed by atoms with Gasteiger partial charge in [0.05, 0.1) is 6.26 Å². The Morgan fingerprint density at radius 2 is 2.26 bits per heavy atom. The Hall–Kier alpha value is -2.90. The van der Waals surface area contributed by atoms with Gasteiger partial charge in [0.1, 0.15) is 17.2 Å². The predicted molar refractivity (Wildman–Crippen MR) is 83.5 cm³/mol. The van der Waals surface area contributed by atoms with Crippen LogP contribution in [0.2, 0.25) is 0 Å². The molecule has 0 unspecified atom stereocenters. The number of aromatic nitrogens is 4. The molecule has 1 saturated carbocycles. The monoisotopic (exact) mass is 312 g/mol. The summed E-state index contributed by atoms with van der Waals surface area (Å²) in [4.78, 5) is 20.7. The van der Waals surface area contributed by atoms with Crippen molar-refractivity contribution in [2.75, 3.05) is 5.32 Å². The first kappa shape index (κ1) is 13.7. The van der Waals surface area contributed by atoms with Gasteiger partial charge in [-0.15, -0.1) is 0 Å². The molecule has 0 aliphatic heterocycles. The maximum absolute atomic E-state index is 12.1. The first-order valence-electron chi connectivity index (χ1n) is 7.54. The predicted octanol–water partition coefficient (Wildman–Crippen LogP) is 2.28. The highest BCUT2D eigenvalue weighted by molar-refractivity contribution is 5.93. The molecule has 8 heteroatoms. The number of anilines is 2. The number of furan rings is 1. The number of hydrogen-bond acceptors (Lipinski definition) is 6. The smallest absolute Gasteiger partial charge is 0.272 e. The molecule has 3 aromatic heterocycles. The lowest BCUT2D eigenvalue weighted by Gasteiger charge is -2.25. The van der Waals surface area contributed by atoms with E-state index in [-0.39, 0.29) is 11.9 Å². The summed E-state index contributed by atoms with van der Waals surface area (Å²) in [6.45, 7) is 1.81. The fraction of sp³-hybridized carbons (Fsp3) is 0.333. The van der Waals surface area contributed by atoms with Gasteiger partial charge >= 0.3 is 0 Å². The van der Waals surface area contributed by atoms with Crippen molar-refractivity contribution in [3.8, 4) is 0 Å². The highest BCUT2D eigenvalue weighted by Crippen LogP contribution is 2.24. The van der Waals surface area contributed by atoms with Crippen LogP contribution in [0.4, 0.5) is 11.6 Å². The van der Waals surface area contributed by atoms with Crippen LogP contribution in [-0.2, 0) is 0 Å². The van der Waals surface area contributed by atoms with Crippen molar-refractivity contribution < 1.29 is 9.21 Å². The van der Waals surface area contributed by atoms with E-state index in [1.54, 1.807) is 18.4 Å². The molecule has 8 nitrogen and oxygen atoms in total. The van der Waals surface area contributed by atoms with Crippen LogP contribution in [0, 0.1) is 6.92 Å². The van der Waals surface area contributed by atoms with Gasteiger partial charge in [-0.2, -0.15) is 5.10 Å². The largest absolute Gasteiger partial charge is 0.459 e. The minimum absolute atomic E-state index is 0.166. The van der Waals surface area contributed by atoms with Crippen molar-refractivity contribution in [2.45, 2.75) is 32.2 Å². The summed E-state index contributed by atoms with van der Waals surface area (Å²) in [5.41, 5.74) is 1.63. The third kappa shape index (κ3) is 2.63. The van der Waals surface area contributed by atoms with E-state index in [1.165, 1.54) is 6.42 Å². The molecule has 1 fully saturated rings. The van der Waals surface area contributed by atoms with E-state index in [0.29, 0.717) is 28.7 Å². The number of nitrogens with zero attached hydrogens (tertiary/aromatic N) is 3. The number of H-pyrrole nitrogens is 1. The van der Waals surface area contributed by atoms with Crippen LogP contribution in [0.5, 0.6) is 0 Å². The number of rotatable bonds is 4. The fourth-order valence-electron chi connectivity index (χ4n) is 2.51. The third-order valence-electron chi connectivity index (χ3n) is 3.92. The number of nitrogens with one attached hydrogen (secondary N) is 3. The highest BCUT2D eigenvalue weighted by Gasteiger charge is 2.21. The third-order valence-corrected chi connectivity index (χ3v) is 3.92. The number of hydrogen-bond donors (Lipinski definition) is 3. The number of aromatic amines is 1. The second-order valence-corrected chi connectivity index (χ2v) is 5.65. The van der Waals surface area contributed by atoms with Gasteiger partial charge in [-0.1, -0.05) is 0 Å². The summed E-state index contributed by atoms with van der Waals surface area (Å²) in [6.07, 6.45) is 4.81. The quantitative estimate of drug-likeness (QED) is 0.682. The molecule has 0 spiro atoms. The maximum atomic E-state index is 12.1. The minimum atomic E-state index is -0.166. The van der Waals surface area contributed by atoms with Gasteiger partial charge < -0.3 is 15.1 Å². The SMILES string of the molecule is Cc1nc(Nc2cc(C(=O)NC3CCC3)n[nH]2)c2occc2n1. The van der Waals surface area contributed by atoms with E-state index in [9.17, 15) is 4.79 Å². The van der Waals surface area contributed by atoms with E-state index in [1.807, 2.05) is 6.92 Å². The Balaban J connectivity index is 1.54. The van der Waals surface area contributed by atoms with Crippen LogP contribution in [-0.4, -0.2) is 32.1 Å².